The molecule has 2 aromatic heterocycles. The van der Waals surface area contributed by atoms with Gasteiger partial charge in [0.05, 0.1) is 34.2 Å². The second-order valence-electron chi connectivity index (χ2n) is 17.2. The van der Waals surface area contributed by atoms with Gasteiger partial charge in [0.1, 0.15) is 23.8 Å². The molecule has 1 saturated heterocycles. The molecule has 5 aromatic rings. The van der Waals surface area contributed by atoms with Crippen LogP contribution in [0.3, 0.4) is 0 Å². The molecule has 3 N–H and O–H groups in total. The van der Waals surface area contributed by atoms with Crippen LogP contribution in [0.15, 0.2) is 94.0 Å². The number of anilines is 2. The number of H-pyrrole nitrogens is 1. The van der Waals surface area contributed by atoms with Gasteiger partial charge in [-0.3, -0.25) is 24.0 Å². The zero-order valence-corrected chi connectivity index (χ0v) is 37.7. The van der Waals surface area contributed by atoms with Crippen molar-refractivity contribution in [2.24, 2.45) is 9.78 Å². The number of nitro groups is 1. The number of nitrogens with zero attached hydrogens (tertiary/aromatic N) is 5. The number of pyridine rings is 1. The van der Waals surface area contributed by atoms with E-state index in [0.717, 1.165) is 67.1 Å². The van der Waals surface area contributed by atoms with Gasteiger partial charge in [-0.25, -0.2) is 22.5 Å². The van der Waals surface area contributed by atoms with Crippen LogP contribution in [-0.4, -0.2) is 103 Å². The average molecular weight is 918 g/mol. The molecule has 1 atom stereocenters. The van der Waals surface area contributed by atoms with Crippen molar-refractivity contribution in [2.45, 2.75) is 44.0 Å². The van der Waals surface area contributed by atoms with E-state index in [1.165, 1.54) is 41.5 Å². The largest absolute Gasteiger partial charge is 0.489 e. The predicted octanol–water partition coefficient (Wildman–Crippen LogP) is 7.72. The number of benzene rings is 3. The minimum atomic E-state index is -4.70. The highest BCUT2D eigenvalue weighted by molar-refractivity contribution is 7.92. The Morgan fingerprint density at radius 2 is 1.83 bits per heavy atom. The van der Waals surface area contributed by atoms with E-state index in [9.17, 15) is 27.5 Å². The normalized spacial score (nSPS) is 18.0. The molecule has 4 heterocycles. The van der Waals surface area contributed by atoms with Crippen molar-refractivity contribution in [1.82, 2.24) is 19.6 Å². The minimum absolute atomic E-state index is 0.0215. The Kier molecular flexibility index (Phi) is 12.2. The molecular weight excluding hydrogens is 868 g/mol. The van der Waals surface area contributed by atoms with E-state index in [1.807, 2.05) is 18.2 Å². The fourth-order valence-electron chi connectivity index (χ4n) is 8.15. The number of halogens is 1. The van der Waals surface area contributed by atoms with Gasteiger partial charge in [0.15, 0.2) is 11.4 Å². The number of hydrogen-bond acceptors (Lipinski definition) is 13. The number of aromatic nitrogens is 2. The molecule has 332 valence electrons. The van der Waals surface area contributed by atoms with Crippen LogP contribution >= 0.6 is 11.6 Å². The van der Waals surface area contributed by atoms with Crippen molar-refractivity contribution >= 4 is 70.9 Å². The zero-order valence-electron chi connectivity index (χ0n) is 35.4. The molecule has 8 rings (SSSR count). The van der Waals surface area contributed by atoms with Gasteiger partial charge in [-0.05, 0) is 72.2 Å². The van der Waals surface area contributed by atoms with Crippen LogP contribution in [0.5, 0.6) is 17.2 Å². The van der Waals surface area contributed by atoms with Crippen molar-refractivity contribution in [1.29, 1.82) is 0 Å². The van der Waals surface area contributed by atoms with E-state index in [1.54, 1.807) is 24.4 Å². The Balaban J connectivity index is 1.03. The highest BCUT2D eigenvalue weighted by Crippen LogP contribution is 2.44. The average Bonchev–Trinajstić information content (AvgIpc) is 3.71. The van der Waals surface area contributed by atoms with Gasteiger partial charge in [0.25, 0.3) is 21.6 Å². The second-order valence-corrected chi connectivity index (χ2v) is 22.0. The maximum absolute atomic E-state index is 14.0. The Morgan fingerprint density at radius 3 is 2.56 bits per heavy atom. The second kappa shape index (κ2) is 17.5. The van der Waals surface area contributed by atoms with E-state index in [-0.39, 0.29) is 41.3 Å². The van der Waals surface area contributed by atoms with Gasteiger partial charge in [0, 0.05) is 95.5 Å². The number of piperazine rings is 1. The standard InChI is InChI=1S/C44H49ClN8O8S2/c1-44(2)13-11-30(37(23-44)28-5-7-31(45)8-6-28)26-51-15-17-52(18-16-51)33-9-10-36(39(20-33)61-34-19-29-12-14-46-42(29)47-25-34)43(54)50-63(58,59)35-21-38(53(55)56)41-40(22-35)60-27-32(49-41)24-48-62(3,4)57/h5-10,12,14,19-22,25,32,49H,11,13,15-18,23-24,26-27H2,1-4H3,(H,46,47)(H,50,54)/t32-/m0/s1. The quantitative estimate of drug-likeness (QED) is 0.0814. The first kappa shape index (κ1) is 43.9. The first-order valence-corrected chi connectivity index (χ1v) is 24.7. The maximum atomic E-state index is 14.0. The van der Waals surface area contributed by atoms with Crippen LogP contribution in [0.4, 0.5) is 17.1 Å². The van der Waals surface area contributed by atoms with Gasteiger partial charge in [0.2, 0.25) is 0 Å². The summed E-state index contributed by atoms with van der Waals surface area (Å²) in [5, 5.41) is 16.6. The van der Waals surface area contributed by atoms with Gasteiger partial charge < -0.3 is 24.7 Å². The molecule has 19 heteroatoms. The summed E-state index contributed by atoms with van der Waals surface area (Å²) in [5.74, 6) is -0.695. The highest BCUT2D eigenvalue weighted by Gasteiger charge is 2.33. The molecule has 1 amide bonds. The molecule has 0 unspecified atom stereocenters. The summed E-state index contributed by atoms with van der Waals surface area (Å²) in [6.45, 7) is 8.54. The molecular formula is C44H49ClN8O8S2. The first-order valence-electron chi connectivity index (χ1n) is 20.5. The third-order valence-corrected chi connectivity index (χ3v) is 13.9. The summed E-state index contributed by atoms with van der Waals surface area (Å²) in [4.78, 5) is 37.0. The lowest BCUT2D eigenvalue weighted by Gasteiger charge is -2.39. The minimum Gasteiger partial charge on any atom is -0.489 e. The van der Waals surface area contributed by atoms with E-state index in [4.69, 9.17) is 21.1 Å². The molecule has 0 saturated carbocycles. The van der Waals surface area contributed by atoms with Gasteiger partial charge in [-0.1, -0.05) is 43.2 Å². The van der Waals surface area contributed by atoms with Crippen LogP contribution in [0, 0.1) is 15.5 Å². The molecule has 0 spiro atoms. The number of carbonyl (C=O) groups is 1. The van der Waals surface area contributed by atoms with Crippen molar-refractivity contribution in [2.75, 3.05) is 68.6 Å². The number of ether oxygens (including phenoxy) is 2. The summed E-state index contributed by atoms with van der Waals surface area (Å²) < 4.78 is 58.0. The van der Waals surface area contributed by atoms with E-state index in [0.29, 0.717) is 24.5 Å². The smallest absolute Gasteiger partial charge is 0.297 e. The number of allylic oxidation sites excluding steroid dienone is 1. The number of aromatic amines is 1. The fourth-order valence-corrected chi connectivity index (χ4v) is 9.82. The Bertz CT molecular complexity index is 2860. The maximum Gasteiger partial charge on any atom is 0.297 e. The van der Waals surface area contributed by atoms with Crippen molar-refractivity contribution < 1.29 is 31.8 Å². The number of nitrogens with one attached hydrogen (secondary N) is 3. The summed E-state index contributed by atoms with van der Waals surface area (Å²) in [7, 11) is -7.14. The third-order valence-electron chi connectivity index (χ3n) is 11.5. The first-order chi connectivity index (χ1) is 29.9. The number of nitro benzene ring substituents is 1. The Labute approximate surface area is 371 Å². The molecule has 2 aliphatic heterocycles. The third kappa shape index (κ3) is 10.2. The topological polar surface area (TPSA) is 201 Å². The number of carbonyl (C=O) groups excluding carboxylic acids is 1. The predicted molar refractivity (Wildman–Crippen MR) is 245 cm³/mol. The van der Waals surface area contributed by atoms with E-state index < -0.39 is 47.2 Å². The summed E-state index contributed by atoms with van der Waals surface area (Å²) >= 11 is 6.24. The van der Waals surface area contributed by atoms with E-state index >= 15 is 0 Å². The number of sulfonamides is 1. The number of fused-ring (bicyclic) bond motifs is 2. The highest BCUT2D eigenvalue weighted by atomic mass is 35.5. The fraction of sp³-hybridized carbons (Fsp3) is 0.364. The molecule has 63 heavy (non-hydrogen) atoms. The summed E-state index contributed by atoms with van der Waals surface area (Å²) in [6, 6.07) is 18.1. The van der Waals surface area contributed by atoms with Crippen molar-refractivity contribution in [3.05, 3.63) is 111 Å². The van der Waals surface area contributed by atoms with Gasteiger partial charge >= 0.3 is 0 Å². The van der Waals surface area contributed by atoms with Gasteiger partial charge in [-0.2, -0.15) is 0 Å². The number of hydrogen-bond donors (Lipinski definition) is 3. The Morgan fingerprint density at radius 1 is 1.06 bits per heavy atom. The van der Waals surface area contributed by atoms with Crippen LogP contribution in [0.2, 0.25) is 5.02 Å². The SMILES string of the molecule is CC1(C)CCC(CN2CCN(c3ccc(C(=O)NS(=O)(=O)c4cc5c(c([N+](=O)[O-])c4)N[C@@H](CN=S(C)(C)=O)CO5)c(Oc4cnc5[nH]ccc5c4)c3)CC2)=C(c2ccc(Cl)cc2)C1. The summed E-state index contributed by atoms with van der Waals surface area (Å²) in [5.41, 5.74) is 4.98. The summed E-state index contributed by atoms with van der Waals surface area (Å²) in [6.07, 6.45) is 9.34. The van der Waals surface area contributed by atoms with Crippen molar-refractivity contribution in [3.8, 4) is 17.2 Å². The number of amides is 1. The monoisotopic (exact) mass is 916 g/mol. The molecule has 16 nitrogen and oxygen atoms in total. The van der Waals surface area contributed by atoms with Crippen LogP contribution in [-0.2, 0) is 19.8 Å². The molecule has 3 aliphatic rings. The lowest BCUT2D eigenvalue weighted by molar-refractivity contribution is -0.384. The Hall–Kier alpha value is -5.69. The molecule has 0 bridgehead atoms. The zero-order chi connectivity index (χ0) is 44.7. The van der Waals surface area contributed by atoms with Gasteiger partial charge in [-0.15, -0.1) is 0 Å². The molecule has 1 aliphatic carbocycles. The lowest BCUT2D eigenvalue weighted by Crippen LogP contribution is -2.47. The lowest BCUT2D eigenvalue weighted by atomic mass is 9.72. The van der Waals surface area contributed by atoms with Crippen molar-refractivity contribution in [3.63, 3.8) is 0 Å². The van der Waals surface area contributed by atoms with E-state index in [2.05, 4.69) is 60.1 Å². The molecule has 0 radical (unpaired) electrons. The number of rotatable bonds is 12. The van der Waals surface area contributed by atoms with Crippen LogP contribution in [0.1, 0.15) is 49.0 Å². The molecule has 1 fully saturated rings. The van der Waals surface area contributed by atoms with Crippen LogP contribution < -0.4 is 24.4 Å². The van der Waals surface area contributed by atoms with Crippen LogP contribution in [0.25, 0.3) is 16.6 Å². The molecule has 3 aromatic carbocycles.